The lowest BCUT2D eigenvalue weighted by Crippen LogP contribution is -2.44. The van der Waals surface area contributed by atoms with Crippen LogP contribution in [-0.4, -0.2) is 41.6 Å². The lowest BCUT2D eigenvalue weighted by atomic mass is 10.0. The molecule has 1 aromatic rings. The number of aliphatic carboxylic acids is 1. The minimum atomic E-state index is -0.868. The van der Waals surface area contributed by atoms with E-state index in [0.29, 0.717) is 26.2 Å². The fraction of sp³-hybridized carbons (Fsp3) is 0.467. The second-order valence-electron chi connectivity index (χ2n) is 5.32. The number of hydrogen-bond acceptors (Lipinski definition) is 3. The van der Waals surface area contributed by atoms with Gasteiger partial charge in [-0.2, -0.15) is 0 Å². The van der Waals surface area contributed by atoms with Gasteiger partial charge in [0.05, 0.1) is 31.1 Å². The largest absolute Gasteiger partial charge is 0.481 e. The Hall–Kier alpha value is -1.88. The van der Waals surface area contributed by atoms with E-state index in [2.05, 4.69) is 0 Å². The molecule has 3 atom stereocenters. The summed E-state index contributed by atoms with van der Waals surface area (Å²) in [5, 5.41) is 8.96. The molecule has 20 heavy (non-hydrogen) atoms. The summed E-state index contributed by atoms with van der Waals surface area (Å²) >= 11 is 0. The molecular weight excluding hydrogens is 258 g/mol. The second kappa shape index (κ2) is 5.25. The Bertz CT molecular complexity index is 516. The van der Waals surface area contributed by atoms with Crippen molar-refractivity contribution in [2.75, 3.05) is 19.8 Å². The number of rotatable bonds is 3. The highest BCUT2D eigenvalue weighted by molar-refractivity contribution is 5.89. The Labute approximate surface area is 117 Å². The summed E-state index contributed by atoms with van der Waals surface area (Å²) in [6, 6.07) is 9.64. The molecule has 0 bridgehead atoms. The fourth-order valence-electron chi connectivity index (χ4n) is 2.77. The summed E-state index contributed by atoms with van der Waals surface area (Å²) in [6.45, 7) is 1.51. The molecule has 5 nitrogen and oxygen atoms in total. The van der Waals surface area contributed by atoms with Crippen molar-refractivity contribution >= 4 is 11.9 Å². The molecule has 1 amide bonds. The summed E-state index contributed by atoms with van der Waals surface area (Å²) in [5.74, 6) is -1.76. The van der Waals surface area contributed by atoms with Crippen molar-refractivity contribution in [2.45, 2.75) is 12.5 Å². The third-order valence-corrected chi connectivity index (χ3v) is 4.02. The van der Waals surface area contributed by atoms with Gasteiger partial charge < -0.3 is 14.7 Å². The van der Waals surface area contributed by atoms with Crippen LogP contribution in [-0.2, 0) is 14.3 Å². The average molecular weight is 275 g/mol. The number of morpholine rings is 1. The van der Waals surface area contributed by atoms with Crippen LogP contribution in [0.2, 0.25) is 0 Å². The Balaban J connectivity index is 1.76. The van der Waals surface area contributed by atoms with Crippen LogP contribution in [0.15, 0.2) is 30.3 Å². The van der Waals surface area contributed by atoms with Crippen molar-refractivity contribution in [2.24, 2.45) is 11.8 Å². The number of carbonyl (C=O) groups is 2. The number of carboxylic acids is 1. The molecule has 0 spiro atoms. The molecule has 1 aliphatic heterocycles. The monoisotopic (exact) mass is 275 g/mol. The first-order chi connectivity index (χ1) is 9.68. The van der Waals surface area contributed by atoms with Crippen LogP contribution >= 0.6 is 0 Å². The van der Waals surface area contributed by atoms with Crippen LogP contribution in [0.25, 0.3) is 0 Å². The predicted octanol–water partition coefficient (Wildman–Crippen LogP) is 1.31. The van der Waals surface area contributed by atoms with Crippen molar-refractivity contribution in [1.82, 2.24) is 4.90 Å². The zero-order chi connectivity index (χ0) is 14.1. The van der Waals surface area contributed by atoms with Crippen LogP contribution in [0.1, 0.15) is 18.0 Å². The standard InChI is InChI=1S/C15H17NO4/c17-14(11-8-12(11)15(18)19)16-6-7-20-9-13(16)10-4-2-1-3-5-10/h1-5,11-13H,6-9H2,(H,18,19). The van der Waals surface area contributed by atoms with Gasteiger partial charge >= 0.3 is 5.97 Å². The molecule has 1 saturated heterocycles. The van der Waals surface area contributed by atoms with Gasteiger partial charge in [-0.05, 0) is 12.0 Å². The molecule has 1 heterocycles. The van der Waals surface area contributed by atoms with E-state index >= 15 is 0 Å². The Kier molecular flexibility index (Phi) is 3.44. The van der Waals surface area contributed by atoms with Crippen LogP contribution in [0, 0.1) is 11.8 Å². The molecule has 106 valence electrons. The maximum Gasteiger partial charge on any atom is 0.307 e. The first kappa shape index (κ1) is 13.1. The molecule has 0 aromatic heterocycles. The predicted molar refractivity (Wildman–Crippen MR) is 70.9 cm³/mol. The molecule has 2 fully saturated rings. The highest BCUT2D eigenvalue weighted by atomic mass is 16.5. The minimum absolute atomic E-state index is 0.0467. The van der Waals surface area contributed by atoms with Gasteiger partial charge in [0.15, 0.2) is 0 Å². The van der Waals surface area contributed by atoms with E-state index in [-0.39, 0.29) is 17.9 Å². The number of benzene rings is 1. The summed E-state index contributed by atoms with van der Waals surface area (Å²) in [6.07, 6.45) is 0.465. The minimum Gasteiger partial charge on any atom is -0.481 e. The van der Waals surface area contributed by atoms with Gasteiger partial charge in [0.25, 0.3) is 0 Å². The van der Waals surface area contributed by atoms with E-state index < -0.39 is 11.9 Å². The maximum absolute atomic E-state index is 12.5. The number of carboxylic acid groups (broad SMARTS) is 1. The van der Waals surface area contributed by atoms with E-state index in [4.69, 9.17) is 9.84 Å². The second-order valence-corrected chi connectivity index (χ2v) is 5.32. The molecule has 3 rings (SSSR count). The summed E-state index contributed by atoms with van der Waals surface area (Å²) in [5.41, 5.74) is 1.04. The highest BCUT2D eigenvalue weighted by Gasteiger charge is 2.51. The third-order valence-electron chi connectivity index (χ3n) is 4.02. The first-order valence-corrected chi connectivity index (χ1v) is 6.84. The smallest absolute Gasteiger partial charge is 0.307 e. The van der Waals surface area contributed by atoms with Crippen molar-refractivity contribution in [3.05, 3.63) is 35.9 Å². The molecule has 1 aliphatic carbocycles. The van der Waals surface area contributed by atoms with E-state index in [1.54, 1.807) is 4.90 Å². The lowest BCUT2D eigenvalue weighted by molar-refractivity contribution is -0.146. The van der Waals surface area contributed by atoms with Crippen molar-refractivity contribution in [3.8, 4) is 0 Å². The van der Waals surface area contributed by atoms with Gasteiger partial charge in [-0.15, -0.1) is 0 Å². The van der Waals surface area contributed by atoms with Crippen LogP contribution < -0.4 is 0 Å². The highest BCUT2D eigenvalue weighted by Crippen LogP contribution is 2.42. The summed E-state index contributed by atoms with van der Waals surface area (Å²) < 4.78 is 5.48. The van der Waals surface area contributed by atoms with Crippen molar-refractivity contribution < 1.29 is 19.4 Å². The Morgan fingerprint density at radius 3 is 2.60 bits per heavy atom. The van der Waals surface area contributed by atoms with E-state index in [1.165, 1.54) is 0 Å². The molecule has 3 unspecified atom stereocenters. The van der Waals surface area contributed by atoms with Crippen LogP contribution in [0.4, 0.5) is 0 Å². The van der Waals surface area contributed by atoms with E-state index in [9.17, 15) is 9.59 Å². The zero-order valence-corrected chi connectivity index (χ0v) is 11.1. The number of ether oxygens (including phenoxy) is 1. The Morgan fingerprint density at radius 1 is 1.20 bits per heavy atom. The third kappa shape index (κ3) is 2.41. The summed E-state index contributed by atoms with van der Waals surface area (Å²) in [4.78, 5) is 25.2. The van der Waals surface area contributed by atoms with Crippen molar-refractivity contribution in [1.29, 1.82) is 0 Å². The molecule has 5 heteroatoms. The molecule has 0 radical (unpaired) electrons. The van der Waals surface area contributed by atoms with Gasteiger partial charge in [-0.1, -0.05) is 30.3 Å². The maximum atomic E-state index is 12.5. The Morgan fingerprint density at radius 2 is 1.95 bits per heavy atom. The quantitative estimate of drug-likeness (QED) is 0.903. The van der Waals surface area contributed by atoms with Crippen molar-refractivity contribution in [3.63, 3.8) is 0 Å². The number of amides is 1. The van der Waals surface area contributed by atoms with Gasteiger partial charge in [0.2, 0.25) is 5.91 Å². The molecule has 2 aliphatic rings. The molecule has 1 aromatic carbocycles. The van der Waals surface area contributed by atoms with E-state index in [1.807, 2.05) is 30.3 Å². The fourth-order valence-corrected chi connectivity index (χ4v) is 2.77. The van der Waals surface area contributed by atoms with Gasteiger partial charge in [-0.3, -0.25) is 9.59 Å². The van der Waals surface area contributed by atoms with Gasteiger partial charge in [0.1, 0.15) is 0 Å². The normalized spacial score (nSPS) is 29.0. The van der Waals surface area contributed by atoms with Gasteiger partial charge in [0, 0.05) is 6.54 Å². The SMILES string of the molecule is O=C(O)C1CC1C(=O)N1CCOCC1c1ccccc1. The lowest BCUT2D eigenvalue weighted by Gasteiger charge is -2.36. The van der Waals surface area contributed by atoms with Crippen LogP contribution in [0.5, 0.6) is 0 Å². The van der Waals surface area contributed by atoms with Crippen LogP contribution in [0.3, 0.4) is 0 Å². The number of carbonyl (C=O) groups excluding carboxylic acids is 1. The van der Waals surface area contributed by atoms with Gasteiger partial charge in [-0.25, -0.2) is 0 Å². The first-order valence-electron chi connectivity index (χ1n) is 6.84. The molecule has 1 N–H and O–H groups in total. The average Bonchev–Trinajstić information content (AvgIpc) is 3.28. The zero-order valence-electron chi connectivity index (χ0n) is 11.1. The summed E-state index contributed by atoms with van der Waals surface area (Å²) in [7, 11) is 0. The molecule has 1 saturated carbocycles. The topological polar surface area (TPSA) is 66.8 Å². The number of hydrogen-bond donors (Lipinski definition) is 1. The van der Waals surface area contributed by atoms with E-state index in [0.717, 1.165) is 5.56 Å². The number of nitrogens with zero attached hydrogens (tertiary/aromatic N) is 1. The molecular formula is C15H17NO4.